The number of H-pyrrole nitrogens is 1. The third-order valence-corrected chi connectivity index (χ3v) is 6.39. The third kappa shape index (κ3) is 4.52. The molecule has 1 amide bonds. The van der Waals surface area contributed by atoms with E-state index in [1.54, 1.807) is 15.8 Å². The Balaban J connectivity index is 1.25. The Morgan fingerprint density at radius 3 is 2.75 bits per heavy atom. The summed E-state index contributed by atoms with van der Waals surface area (Å²) in [5.74, 6) is -1.08. The number of nitrogens with one attached hydrogen (secondary N) is 1. The fourth-order valence-corrected chi connectivity index (χ4v) is 4.47. The molecule has 10 nitrogen and oxygen atoms in total. The zero-order valence-corrected chi connectivity index (χ0v) is 19.3. The summed E-state index contributed by atoms with van der Waals surface area (Å²) >= 11 is 0. The number of aromatic nitrogens is 5. The summed E-state index contributed by atoms with van der Waals surface area (Å²) in [7, 11) is 0. The van der Waals surface area contributed by atoms with Gasteiger partial charge in [-0.3, -0.25) is 14.4 Å². The molecule has 1 saturated heterocycles. The molecule has 3 aromatic heterocycles. The smallest absolute Gasteiger partial charge is 0.256 e. The minimum atomic E-state index is -0.689. The van der Waals surface area contributed by atoms with Crippen LogP contribution in [0.25, 0.3) is 22.3 Å². The lowest BCUT2D eigenvalue weighted by Gasteiger charge is -2.36. The van der Waals surface area contributed by atoms with Crippen LogP contribution in [0.15, 0.2) is 49.2 Å². The maximum Gasteiger partial charge on any atom is 0.256 e. The van der Waals surface area contributed by atoms with Crippen molar-refractivity contribution >= 4 is 16.9 Å². The van der Waals surface area contributed by atoms with Crippen LogP contribution in [0, 0.1) is 28.5 Å². The lowest BCUT2D eigenvalue weighted by Crippen LogP contribution is -2.50. The number of nitriles is 2. The molecule has 0 bridgehead atoms. The molecule has 1 aliphatic rings. The van der Waals surface area contributed by atoms with Crippen molar-refractivity contribution in [1.29, 1.82) is 10.5 Å². The fourth-order valence-electron chi connectivity index (χ4n) is 4.47. The van der Waals surface area contributed by atoms with Crippen LogP contribution in [0.5, 0.6) is 0 Å². The molecule has 11 heteroatoms. The van der Waals surface area contributed by atoms with E-state index in [2.05, 4.69) is 31.0 Å². The molecule has 0 spiro atoms. The zero-order chi connectivity index (χ0) is 25.1. The minimum absolute atomic E-state index is 0.0323. The molecule has 0 saturated carbocycles. The Morgan fingerprint density at radius 2 is 2.00 bits per heavy atom. The lowest BCUT2D eigenvalue weighted by molar-refractivity contribution is 0.0613. The number of amides is 1. The van der Waals surface area contributed by atoms with Gasteiger partial charge in [-0.2, -0.15) is 15.6 Å². The van der Waals surface area contributed by atoms with E-state index in [-0.39, 0.29) is 29.5 Å². The number of fused-ring (bicyclic) bond motifs is 1. The second-order valence-electron chi connectivity index (χ2n) is 8.59. The van der Waals surface area contributed by atoms with Gasteiger partial charge in [0.25, 0.3) is 5.91 Å². The van der Waals surface area contributed by atoms with Crippen LogP contribution in [0.2, 0.25) is 0 Å². The standard InChI is InChI=1S/C25H22FN9O/c26-22-11-17(12-28)1-2-20(22)25(36)34-9-7-33(8-10-34)15-19(3-5-27)35-14-18(13-32-35)23-21-4-6-29-24(21)31-16-30-23/h1-2,4,6,11,13-14,16,19H,3,7-10,15H2,(H,29,30,31)/t19-/m0/s1. The Kier molecular flexibility index (Phi) is 6.39. The second-order valence-corrected chi connectivity index (χ2v) is 8.59. The largest absolute Gasteiger partial charge is 0.346 e. The highest BCUT2D eigenvalue weighted by Gasteiger charge is 2.26. The van der Waals surface area contributed by atoms with Crippen molar-refractivity contribution in [3.63, 3.8) is 0 Å². The molecule has 0 radical (unpaired) electrons. The van der Waals surface area contributed by atoms with Gasteiger partial charge in [0.15, 0.2) is 0 Å². The fraction of sp³-hybridized carbons (Fsp3) is 0.280. The molecule has 5 rings (SSSR count). The monoisotopic (exact) mass is 483 g/mol. The number of carbonyl (C=O) groups is 1. The van der Waals surface area contributed by atoms with Gasteiger partial charge in [0.2, 0.25) is 0 Å². The van der Waals surface area contributed by atoms with Crippen LogP contribution >= 0.6 is 0 Å². The van der Waals surface area contributed by atoms with E-state index >= 15 is 0 Å². The SMILES string of the molecule is N#CC[C@@H](CN1CCN(C(=O)c2ccc(C#N)cc2F)CC1)n1cc(-c2ncnc3[nH]ccc23)cn1. The van der Waals surface area contributed by atoms with E-state index in [1.165, 1.54) is 18.5 Å². The minimum Gasteiger partial charge on any atom is -0.346 e. The highest BCUT2D eigenvalue weighted by Crippen LogP contribution is 2.26. The van der Waals surface area contributed by atoms with Crippen LogP contribution < -0.4 is 0 Å². The molecule has 180 valence electrons. The van der Waals surface area contributed by atoms with E-state index in [1.807, 2.05) is 24.5 Å². The Bertz CT molecular complexity index is 1490. The topological polar surface area (TPSA) is 131 Å². The third-order valence-electron chi connectivity index (χ3n) is 6.39. The number of rotatable bonds is 6. The molecule has 1 fully saturated rings. The van der Waals surface area contributed by atoms with Gasteiger partial charge in [0, 0.05) is 56.1 Å². The number of halogens is 1. The number of aromatic amines is 1. The van der Waals surface area contributed by atoms with E-state index in [4.69, 9.17) is 5.26 Å². The van der Waals surface area contributed by atoms with Gasteiger partial charge in [-0.1, -0.05) is 0 Å². The number of benzene rings is 1. The van der Waals surface area contributed by atoms with Gasteiger partial charge < -0.3 is 9.88 Å². The van der Waals surface area contributed by atoms with Gasteiger partial charge in [0.05, 0.1) is 47.6 Å². The molecule has 1 atom stereocenters. The molecule has 0 unspecified atom stereocenters. The number of hydrogen-bond donors (Lipinski definition) is 1. The first-order valence-electron chi connectivity index (χ1n) is 11.5. The normalized spacial score (nSPS) is 14.9. The van der Waals surface area contributed by atoms with Crippen molar-refractivity contribution in [3.8, 4) is 23.4 Å². The van der Waals surface area contributed by atoms with Crippen molar-refractivity contribution in [1.82, 2.24) is 34.5 Å². The maximum absolute atomic E-state index is 14.3. The Labute approximate surface area is 206 Å². The first kappa shape index (κ1) is 23.1. The van der Waals surface area contributed by atoms with E-state index in [0.29, 0.717) is 32.7 Å². The Hall–Kier alpha value is -4.61. The summed E-state index contributed by atoms with van der Waals surface area (Å²) in [6, 6.07) is 9.74. The summed E-state index contributed by atoms with van der Waals surface area (Å²) in [5.41, 5.74) is 2.50. The summed E-state index contributed by atoms with van der Waals surface area (Å²) in [6.07, 6.45) is 7.22. The lowest BCUT2D eigenvalue weighted by atomic mass is 10.1. The predicted molar refractivity (Wildman–Crippen MR) is 128 cm³/mol. The maximum atomic E-state index is 14.3. The molecule has 0 aliphatic carbocycles. The highest BCUT2D eigenvalue weighted by molar-refractivity contribution is 5.94. The quantitative estimate of drug-likeness (QED) is 0.446. The molecule has 1 N–H and O–H groups in total. The number of nitrogens with zero attached hydrogens (tertiary/aromatic N) is 8. The average Bonchev–Trinajstić information content (AvgIpc) is 3.58. The van der Waals surface area contributed by atoms with E-state index in [0.717, 1.165) is 28.4 Å². The zero-order valence-electron chi connectivity index (χ0n) is 19.3. The molecular weight excluding hydrogens is 461 g/mol. The Morgan fingerprint density at radius 1 is 1.17 bits per heavy atom. The van der Waals surface area contributed by atoms with E-state index in [9.17, 15) is 14.4 Å². The number of piperazine rings is 1. The first-order chi connectivity index (χ1) is 17.6. The number of carbonyl (C=O) groups excluding carboxylic acids is 1. The molecule has 36 heavy (non-hydrogen) atoms. The van der Waals surface area contributed by atoms with Gasteiger partial charge in [0.1, 0.15) is 17.8 Å². The molecule has 1 aliphatic heterocycles. The van der Waals surface area contributed by atoms with Gasteiger partial charge >= 0.3 is 0 Å². The van der Waals surface area contributed by atoms with Crippen LogP contribution in [0.1, 0.15) is 28.4 Å². The molecular formula is C25H22FN9O. The molecule has 4 aromatic rings. The number of hydrogen-bond acceptors (Lipinski definition) is 7. The summed E-state index contributed by atoms with van der Waals surface area (Å²) < 4.78 is 16.1. The van der Waals surface area contributed by atoms with Gasteiger partial charge in [-0.25, -0.2) is 14.4 Å². The van der Waals surface area contributed by atoms with Crippen molar-refractivity contribution in [3.05, 3.63) is 66.1 Å². The van der Waals surface area contributed by atoms with Crippen LogP contribution in [0.3, 0.4) is 0 Å². The first-order valence-corrected chi connectivity index (χ1v) is 11.5. The average molecular weight is 484 g/mol. The van der Waals surface area contributed by atoms with Crippen molar-refractivity contribution in [2.75, 3.05) is 32.7 Å². The van der Waals surface area contributed by atoms with Gasteiger partial charge in [-0.15, -0.1) is 0 Å². The highest BCUT2D eigenvalue weighted by atomic mass is 19.1. The van der Waals surface area contributed by atoms with Crippen molar-refractivity contribution in [2.45, 2.75) is 12.5 Å². The van der Waals surface area contributed by atoms with Crippen LogP contribution in [-0.4, -0.2) is 73.2 Å². The van der Waals surface area contributed by atoms with Gasteiger partial charge in [-0.05, 0) is 24.3 Å². The summed E-state index contributed by atoms with van der Waals surface area (Å²) in [4.78, 5) is 28.3. The summed E-state index contributed by atoms with van der Waals surface area (Å²) in [5, 5.41) is 23.7. The van der Waals surface area contributed by atoms with Crippen molar-refractivity contribution in [2.24, 2.45) is 0 Å². The molecule has 1 aromatic carbocycles. The van der Waals surface area contributed by atoms with E-state index < -0.39 is 5.82 Å². The predicted octanol–water partition coefficient (Wildman–Crippen LogP) is 2.74. The van der Waals surface area contributed by atoms with Crippen LogP contribution in [0.4, 0.5) is 4.39 Å². The van der Waals surface area contributed by atoms with Crippen molar-refractivity contribution < 1.29 is 9.18 Å². The molecule has 4 heterocycles. The summed E-state index contributed by atoms with van der Waals surface area (Å²) in [6.45, 7) is 2.65. The van der Waals surface area contributed by atoms with Crippen LogP contribution in [-0.2, 0) is 0 Å². The second kappa shape index (κ2) is 9.94.